The smallest absolute Gasteiger partial charge is 0.170 e. The van der Waals surface area contributed by atoms with Gasteiger partial charge in [0.25, 0.3) is 0 Å². The summed E-state index contributed by atoms with van der Waals surface area (Å²) in [5, 5.41) is 0. The lowest BCUT2D eigenvalue weighted by Crippen LogP contribution is -2.17. The lowest BCUT2D eigenvalue weighted by molar-refractivity contribution is 0.125. The molecule has 2 aromatic rings. The van der Waals surface area contributed by atoms with E-state index in [1.807, 2.05) is 0 Å². The van der Waals surface area contributed by atoms with Crippen LogP contribution in [0.2, 0.25) is 0 Å². The Morgan fingerprint density at radius 2 is 1.37 bits per heavy atom. The minimum atomic E-state index is -0.797. The van der Waals surface area contributed by atoms with E-state index in [1.54, 1.807) is 18.5 Å². The molecule has 1 aromatic carbocycles. The van der Waals surface area contributed by atoms with Gasteiger partial charge < -0.3 is 4.74 Å². The van der Waals surface area contributed by atoms with E-state index in [0.717, 1.165) is 88.0 Å². The van der Waals surface area contributed by atoms with Crippen LogP contribution in [0.4, 0.5) is 8.78 Å². The van der Waals surface area contributed by atoms with Gasteiger partial charge in [0.1, 0.15) is 0 Å². The van der Waals surface area contributed by atoms with Crippen LogP contribution in [0.5, 0.6) is 0 Å². The summed E-state index contributed by atoms with van der Waals surface area (Å²) in [5.74, 6) is 0.293. The van der Waals surface area contributed by atoms with Crippen LogP contribution < -0.4 is 0 Å². The Kier molecular flexibility index (Phi) is 14.0. The number of hydrogen-bond donors (Lipinski definition) is 0. The fourth-order valence-electron chi connectivity index (χ4n) is 6.37. The predicted octanol–water partition coefficient (Wildman–Crippen LogP) is 10.4. The number of fused-ring (bicyclic) bond motifs is 1. The van der Waals surface area contributed by atoms with Gasteiger partial charge in [0.05, 0.1) is 5.56 Å². The molecule has 5 heteroatoms. The molecule has 1 heterocycles. The van der Waals surface area contributed by atoms with Gasteiger partial charge in [0.15, 0.2) is 17.5 Å². The maximum absolute atomic E-state index is 15.2. The SMILES string of the molecule is CCCCCOCCCCCC1CCc2cc(-c3ncc(CCCCCCCCCC4CC4)cn3)c(F)c(F)c2C1. The first kappa shape index (κ1) is 32.0. The van der Waals surface area contributed by atoms with Gasteiger partial charge in [-0.1, -0.05) is 96.8 Å². The van der Waals surface area contributed by atoms with Crippen molar-refractivity contribution < 1.29 is 13.5 Å². The number of nitrogens with zero attached hydrogens (tertiary/aromatic N) is 2. The van der Waals surface area contributed by atoms with E-state index in [4.69, 9.17) is 4.74 Å². The van der Waals surface area contributed by atoms with Crippen LogP contribution in [0.15, 0.2) is 18.5 Å². The van der Waals surface area contributed by atoms with Crippen molar-refractivity contribution in [3.63, 3.8) is 0 Å². The molecule has 0 spiro atoms. The molecule has 1 unspecified atom stereocenters. The van der Waals surface area contributed by atoms with Crippen molar-refractivity contribution in [2.24, 2.45) is 11.8 Å². The highest BCUT2D eigenvalue weighted by Gasteiger charge is 2.26. The van der Waals surface area contributed by atoms with Gasteiger partial charge in [-0.05, 0) is 79.5 Å². The molecule has 1 fully saturated rings. The summed E-state index contributed by atoms with van der Waals surface area (Å²) < 4.78 is 36.1. The standard InChI is InChI=1S/C36H54F2N2O/c1-2-3-13-22-41-23-14-9-12-16-29-20-21-31-25-33(35(38)34(37)32(31)24-29)36-39-26-30(27-40-36)17-11-8-6-4-5-7-10-15-28-18-19-28/h25-29H,2-24H2,1H3. The molecule has 2 aliphatic rings. The van der Waals surface area contributed by atoms with Gasteiger partial charge in [0.2, 0.25) is 0 Å². The van der Waals surface area contributed by atoms with Crippen LogP contribution in [0, 0.1) is 23.5 Å². The van der Waals surface area contributed by atoms with Gasteiger partial charge in [-0.3, -0.25) is 0 Å². The van der Waals surface area contributed by atoms with E-state index < -0.39 is 11.6 Å². The van der Waals surface area contributed by atoms with Gasteiger partial charge in [-0.15, -0.1) is 0 Å². The molecule has 41 heavy (non-hydrogen) atoms. The maximum atomic E-state index is 15.2. The van der Waals surface area contributed by atoms with Crippen LogP contribution in [0.25, 0.3) is 11.4 Å². The first-order valence-corrected chi connectivity index (χ1v) is 17.0. The van der Waals surface area contributed by atoms with E-state index in [-0.39, 0.29) is 11.4 Å². The molecule has 0 aliphatic heterocycles. The van der Waals surface area contributed by atoms with Crippen molar-refractivity contribution in [1.29, 1.82) is 0 Å². The Morgan fingerprint density at radius 1 is 0.732 bits per heavy atom. The highest BCUT2D eigenvalue weighted by Crippen LogP contribution is 2.36. The van der Waals surface area contributed by atoms with Gasteiger partial charge in [0, 0.05) is 25.6 Å². The van der Waals surface area contributed by atoms with Gasteiger partial charge in [-0.2, -0.15) is 0 Å². The molecular formula is C36H54F2N2O. The average Bonchev–Trinajstić information content (AvgIpc) is 3.82. The van der Waals surface area contributed by atoms with E-state index in [9.17, 15) is 0 Å². The number of rotatable bonds is 21. The van der Waals surface area contributed by atoms with E-state index in [2.05, 4.69) is 16.9 Å². The van der Waals surface area contributed by atoms with Crippen LogP contribution >= 0.6 is 0 Å². The molecule has 0 saturated heterocycles. The molecule has 1 aromatic heterocycles. The summed E-state index contributed by atoms with van der Waals surface area (Å²) in [4.78, 5) is 8.88. The highest BCUT2D eigenvalue weighted by molar-refractivity contribution is 5.59. The molecule has 0 N–H and O–H groups in total. The highest BCUT2D eigenvalue weighted by atomic mass is 19.2. The third-order valence-electron chi connectivity index (χ3n) is 9.23. The second-order valence-corrected chi connectivity index (χ2v) is 12.8. The molecule has 228 valence electrons. The summed E-state index contributed by atoms with van der Waals surface area (Å²) in [5.41, 5.74) is 2.77. The molecule has 1 atom stereocenters. The average molecular weight is 569 g/mol. The summed E-state index contributed by atoms with van der Waals surface area (Å²) in [6, 6.07) is 1.81. The zero-order valence-electron chi connectivity index (χ0n) is 25.7. The number of benzene rings is 1. The Morgan fingerprint density at radius 3 is 2.07 bits per heavy atom. The molecule has 0 bridgehead atoms. The quantitative estimate of drug-likeness (QED) is 0.141. The summed E-state index contributed by atoms with van der Waals surface area (Å²) in [6.45, 7) is 3.91. The maximum Gasteiger partial charge on any atom is 0.170 e. The number of unbranched alkanes of at least 4 members (excludes halogenated alkanes) is 10. The molecular weight excluding hydrogens is 514 g/mol. The molecule has 4 rings (SSSR count). The third kappa shape index (κ3) is 11.0. The normalized spacial score (nSPS) is 16.7. The van der Waals surface area contributed by atoms with Crippen molar-refractivity contribution in [1.82, 2.24) is 9.97 Å². The Bertz CT molecular complexity index is 1020. The largest absolute Gasteiger partial charge is 0.381 e. The summed E-state index contributed by atoms with van der Waals surface area (Å²) >= 11 is 0. The second-order valence-electron chi connectivity index (χ2n) is 12.8. The minimum Gasteiger partial charge on any atom is -0.381 e. The zero-order valence-corrected chi connectivity index (χ0v) is 25.7. The number of aryl methyl sites for hydroxylation is 2. The minimum absolute atomic E-state index is 0.201. The van der Waals surface area contributed by atoms with E-state index in [1.165, 1.54) is 70.6 Å². The van der Waals surface area contributed by atoms with E-state index >= 15 is 8.78 Å². The fourth-order valence-corrected chi connectivity index (χ4v) is 6.37. The molecule has 0 amide bonds. The number of ether oxygens (including phenoxy) is 1. The number of halogens is 2. The lowest BCUT2D eigenvalue weighted by atomic mass is 9.80. The monoisotopic (exact) mass is 568 g/mol. The first-order valence-electron chi connectivity index (χ1n) is 17.0. The first-order chi connectivity index (χ1) is 20.2. The second kappa shape index (κ2) is 17.9. The number of hydrogen-bond acceptors (Lipinski definition) is 3. The molecule has 0 radical (unpaired) electrons. The van der Waals surface area contributed by atoms with Gasteiger partial charge in [-0.25, -0.2) is 18.7 Å². The zero-order chi connectivity index (χ0) is 28.7. The fraction of sp³-hybridized carbons (Fsp3) is 0.722. The van der Waals surface area contributed by atoms with Crippen LogP contribution in [-0.4, -0.2) is 23.2 Å². The van der Waals surface area contributed by atoms with E-state index in [0.29, 0.717) is 17.9 Å². The Balaban J connectivity index is 1.16. The summed E-state index contributed by atoms with van der Waals surface area (Å²) in [6.07, 6.45) is 28.6. The summed E-state index contributed by atoms with van der Waals surface area (Å²) in [7, 11) is 0. The van der Waals surface area contributed by atoms with Crippen LogP contribution in [-0.2, 0) is 24.0 Å². The van der Waals surface area contributed by atoms with Crippen LogP contribution in [0.3, 0.4) is 0 Å². The Hall–Kier alpha value is -1.88. The van der Waals surface area contributed by atoms with Gasteiger partial charge >= 0.3 is 0 Å². The lowest BCUT2D eigenvalue weighted by Gasteiger charge is -2.26. The number of aromatic nitrogens is 2. The van der Waals surface area contributed by atoms with Crippen molar-refractivity contribution in [3.05, 3.63) is 46.8 Å². The Labute approximate surface area is 248 Å². The van der Waals surface area contributed by atoms with Crippen molar-refractivity contribution in [3.8, 4) is 11.4 Å². The topological polar surface area (TPSA) is 35.0 Å². The molecule has 1 saturated carbocycles. The van der Waals surface area contributed by atoms with Crippen molar-refractivity contribution in [2.45, 2.75) is 142 Å². The van der Waals surface area contributed by atoms with Crippen LogP contribution in [0.1, 0.15) is 139 Å². The van der Waals surface area contributed by atoms with Crippen molar-refractivity contribution in [2.75, 3.05) is 13.2 Å². The molecule has 3 nitrogen and oxygen atoms in total. The molecule has 2 aliphatic carbocycles. The van der Waals surface area contributed by atoms with Crippen molar-refractivity contribution >= 4 is 0 Å². The predicted molar refractivity (Wildman–Crippen MR) is 165 cm³/mol. The third-order valence-corrected chi connectivity index (χ3v) is 9.23.